The minimum Gasteiger partial charge on any atom is -0.529 e. The molecule has 2 aromatic carbocycles. The Bertz CT molecular complexity index is 1700. The zero-order valence-electron chi connectivity index (χ0n) is 20.6. The highest BCUT2D eigenvalue weighted by atomic mass is 19.4. The van der Waals surface area contributed by atoms with Crippen LogP contribution in [0.3, 0.4) is 0 Å². The number of hydrogen-bond acceptors (Lipinski definition) is 8. The number of ketones is 1. The molecule has 1 aliphatic carbocycles. The number of aromatic nitrogens is 1. The molecule has 0 N–H and O–H groups in total. The monoisotopic (exact) mass is 562 g/mol. The van der Waals surface area contributed by atoms with Crippen LogP contribution in [0.1, 0.15) is 35.2 Å². The fourth-order valence-corrected chi connectivity index (χ4v) is 5.27. The Hall–Kier alpha value is -5.58. The Kier molecular flexibility index (Phi) is 6.30. The van der Waals surface area contributed by atoms with Crippen LogP contribution in [-0.4, -0.2) is 32.7 Å². The van der Waals surface area contributed by atoms with Gasteiger partial charge in [0.15, 0.2) is 5.78 Å². The molecule has 0 saturated carbocycles. The third-order valence-electron chi connectivity index (χ3n) is 6.91. The van der Waals surface area contributed by atoms with Crippen molar-refractivity contribution in [3.63, 3.8) is 0 Å². The Morgan fingerprint density at radius 3 is 2.17 bits per heavy atom. The summed E-state index contributed by atoms with van der Waals surface area (Å²) in [5.41, 5.74) is -4.51. The van der Waals surface area contributed by atoms with Crippen LogP contribution in [-0.2, 0) is 16.5 Å². The molecule has 1 aromatic heterocycles. The van der Waals surface area contributed by atoms with Gasteiger partial charge in [-0.25, -0.2) is 4.79 Å². The van der Waals surface area contributed by atoms with Crippen LogP contribution in [0.4, 0.5) is 34.1 Å². The second kappa shape index (κ2) is 9.56. The summed E-state index contributed by atoms with van der Waals surface area (Å²) < 4.78 is 40.4. The standard InChI is InChI=1S/C27H16F3N5O6/c28-27(29,30)22-13-19(11-12-32-22)33-20-9-10-21(36)23(20)26(34(24(33)37)25(38)39,16-3-1-15(14-31)2-4-16)17-5-7-18(8-6-17)35(40)41/h1-8,11-13H,9-10H2,(H,38,39)/p-1. The van der Waals surface area contributed by atoms with E-state index in [2.05, 4.69) is 4.98 Å². The third kappa shape index (κ3) is 4.15. The lowest BCUT2D eigenvalue weighted by Crippen LogP contribution is -2.65. The van der Waals surface area contributed by atoms with Gasteiger partial charge in [-0.05, 0) is 53.9 Å². The number of amides is 3. The van der Waals surface area contributed by atoms with E-state index in [1.54, 1.807) is 0 Å². The van der Waals surface area contributed by atoms with Gasteiger partial charge in [-0.15, -0.1) is 0 Å². The third-order valence-corrected chi connectivity index (χ3v) is 6.91. The van der Waals surface area contributed by atoms with Crippen molar-refractivity contribution in [3.05, 3.63) is 111 Å². The quantitative estimate of drug-likeness (QED) is 0.340. The van der Waals surface area contributed by atoms with E-state index in [0.29, 0.717) is 11.0 Å². The number of halogens is 3. The SMILES string of the molecule is N#Cc1ccc(C2(c3ccc([N+](=O)[O-])cc3)C3=C(CCC3=O)N(c3ccnc(C(F)(F)F)c3)C(=O)N2C(=O)[O-])cc1. The van der Waals surface area contributed by atoms with Crippen molar-refractivity contribution in [2.24, 2.45) is 0 Å². The van der Waals surface area contributed by atoms with Crippen molar-refractivity contribution >= 4 is 29.3 Å². The van der Waals surface area contributed by atoms with E-state index in [1.165, 1.54) is 36.4 Å². The van der Waals surface area contributed by atoms with Gasteiger partial charge in [0.2, 0.25) is 0 Å². The van der Waals surface area contributed by atoms with Gasteiger partial charge in [0.25, 0.3) is 5.69 Å². The fraction of sp³-hybridized carbons (Fsp3) is 0.148. The number of Topliss-reactive ketones (excluding diaryl/α,β-unsaturated/α-hetero) is 1. The maximum Gasteiger partial charge on any atom is 0.433 e. The zero-order valence-corrected chi connectivity index (χ0v) is 20.6. The maximum absolute atomic E-state index is 14.1. The average Bonchev–Trinajstić information content (AvgIpc) is 3.33. The van der Waals surface area contributed by atoms with Gasteiger partial charge in [0.05, 0.1) is 27.8 Å². The van der Waals surface area contributed by atoms with E-state index < -0.39 is 40.2 Å². The predicted octanol–water partition coefficient (Wildman–Crippen LogP) is 4.03. The minimum absolute atomic E-state index is 0.0241. The Labute approximate surface area is 228 Å². The van der Waals surface area contributed by atoms with Crippen molar-refractivity contribution in [3.8, 4) is 6.07 Å². The van der Waals surface area contributed by atoms with Gasteiger partial charge < -0.3 is 9.90 Å². The normalized spacial score (nSPS) is 18.8. The molecule has 206 valence electrons. The number of nitro groups is 1. The lowest BCUT2D eigenvalue weighted by atomic mass is 9.73. The number of imide groups is 1. The molecule has 1 atom stereocenters. The number of pyridine rings is 1. The molecule has 41 heavy (non-hydrogen) atoms. The molecular formula is C27H15F3N5O6-. The number of allylic oxidation sites excluding steroid dienone is 1. The highest BCUT2D eigenvalue weighted by Gasteiger charge is 2.57. The summed E-state index contributed by atoms with van der Waals surface area (Å²) in [5.74, 6) is -0.614. The predicted molar refractivity (Wildman–Crippen MR) is 131 cm³/mol. The first kappa shape index (κ1) is 27.0. The van der Waals surface area contributed by atoms with Gasteiger partial charge in [-0.1, -0.05) is 12.1 Å². The maximum atomic E-state index is 14.1. The molecule has 2 heterocycles. The average molecular weight is 562 g/mol. The number of hydrogen-bond donors (Lipinski definition) is 0. The van der Waals surface area contributed by atoms with E-state index in [4.69, 9.17) is 0 Å². The molecule has 14 heteroatoms. The van der Waals surface area contributed by atoms with Crippen LogP contribution >= 0.6 is 0 Å². The number of urea groups is 1. The van der Waals surface area contributed by atoms with Crippen molar-refractivity contribution in [1.29, 1.82) is 5.26 Å². The van der Waals surface area contributed by atoms with E-state index in [-0.39, 0.29) is 57.1 Å². The number of alkyl halides is 3. The Balaban J connectivity index is 1.88. The van der Waals surface area contributed by atoms with Crippen LogP contribution in [0.25, 0.3) is 0 Å². The number of nitrogens with zero attached hydrogens (tertiary/aromatic N) is 5. The molecule has 0 saturated heterocycles. The number of carboxylic acid groups (broad SMARTS) is 1. The molecule has 0 bridgehead atoms. The lowest BCUT2D eigenvalue weighted by molar-refractivity contribution is -0.384. The highest BCUT2D eigenvalue weighted by Crippen LogP contribution is 2.52. The first-order chi connectivity index (χ1) is 19.4. The molecule has 11 nitrogen and oxygen atoms in total. The topological polar surface area (TPSA) is 161 Å². The molecule has 2 aliphatic rings. The van der Waals surface area contributed by atoms with E-state index in [1.807, 2.05) is 6.07 Å². The van der Waals surface area contributed by atoms with Crippen molar-refractivity contribution in [2.75, 3.05) is 4.90 Å². The summed E-state index contributed by atoms with van der Waals surface area (Å²) >= 11 is 0. The second-order valence-corrected chi connectivity index (χ2v) is 9.06. The number of non-ortho nitro benzene ring substituents is 1. The van der Waals surface area contributed by atoms with Crippen molar-refractivity contribution in [2.45, 2.75) is 24.6 Å². The lowest BCUT2D eigenvalue weighted by Gasteiger charge is -2.51. The largest absolute Gasteiger partial charge is 0.529 e. The van der Waals surface area contributed by atoms with E-state index >= 15 is 0 Å². The number of nitriles is 1. The summed E-state index contributed by atoms with van der Waals surface area (Å²) in [6, 6.07) is 11.9. The molecular weight excluding hydrogens is 547 g/mol. The smallest absolute Gasteiger partial charge is 0.433 e. The summed E-state index contributed by atoms with van der Waals surface area (Å²) in [5, 5.41) is 33.4. The van der Waals surface area contributed by atoms with E-state index in [9.17, 15) is 48.0 Å². The van der Waals surface area contributed by atoms with Crippen LogP contribution in [0.15, 0.2) is 78.1 Å². The number of carbonyl (C=O) groups excluding carboxylic acids is 3. The number of rotatable bonds is 4. The molecule has 5 rings (SSSR count). The first-order valence-electron chi connectivity index (χ1n) is 11.8. The molecule has 3 amide bonds. The van der Waals surface area contributed by atoms with Crippen LogP contribution in [0.5, 0.6) is 0 Å². The van der Waals surface area contributed by atoms with Gasteiger partial charge in [-0.3, -0.25) is 29.7 Å². The van der Waals surface area contributed by atoms with Crippen LogP contribution < -0.4 is 10.0 Å². The highest BCUT2D eigenvalue weighted by molar-refractivity contribution is 6.13. The summed E-state index contributed by atoms with van der Waals surface area (Å²) in [6.45, 7) is 0. The minimum atomic E-state index is -4.89. The van der Waals surface area contributed by atoms with Crippen LogP contribution in [0.2, 0.25) is 0 Å². The van der Waals surface area contributed by atoms with Gasteiger partial charge in [0, 0.05) is 30.4 Å². The molecule has 0 spiro atoms. The van der Waals surface area contributed by atoms with Crippen molar-refractivity contribution < 1.29 is 37.6 Å². The van der Waals surface area contributed by atoms with Gasteiger partial charge >= 0.3 is 12.2 Å². The van der Waals surface area contributed by atoms with Crippen molar-refractivity contribution in [1.82, 2.24) is 9.88 Å². The van der Waals surface area contributed by atoms with E-state index in [0.717, 1.165) is 24.4 Å². The number of anilines is 1. The number of benzene rings is 2. The Morgan fingerprint density at radius 2 is 1.63 bits per heavy atom. The summed E-state index contributed by atoms with van der Waals surface area (Å²) in [7, 11) is 0. The first-order valence-corrected chi connectivity index (χ1v) is 11.8. The molecule has 1 unspecified atom stereocenters. The Morgan fingerprint density at radius 1 is 1.02 bits per heavy atom. The molecule has 0 radical (unpaired) electrons. The number of nitro benzene ring substituents is 1. The molecule has 0 fully saturated rings. The van der Waals surface area contributed by atoms with Crippen LogP contribution in [0, 0.1) is 21.4 Å². The fourth-order valence-electron chi connectivity index (χ4n) is 5.27. The zero-order chi connectivity index (χ0) is 29.7. The van der Waals surface area contributed by atoms with Gasteiger partial charge in [0.1, 0.15) is 17.3 Å². The molecule has 1 aliphatic heterocycles. The summed E-state index contributed by atoms with van der Waals surface area (Å²) in [6.07, 6.45) is -6.53. The van der Waals surface area contributed by atoms with Gasteiger partial charge in [-0.2, -0.15) is 18.4 Å². The molecule has 3 aromatic rings. The number of carbonyl (C=O) groups is 3. The summed E-state index contributed by atoms with van der Waals surface area (Å²) in [4.78, 5) is 55.2. The second-order valence-electron chi connectivity index (χ2n) is 9.06.